The number of rotatable bonds is 2. The Balaban J connectivity index is 1.91. The van der Waals surface area contributed by atoms with E-state index in [1.54, 1.807) is 0 Å². The SMILES string of the molecule is CC1CN(C)C(C)CC1NC1CCS(=O)(=O)C1. The van der Waals surface area contributed by atoms with Crippen LogP contribution in [0.4, 0.5) is 0 Å². The standard InChI is InChI=1S/C12H24N2O2S/c1-9-7-14(3)10(2)6-12(9)13-11-4-5-17(15,16)8-11/h9-13H,4-8H2,1-3H3. The van der Waals surface area contributed by atoms with Crippen molar-refractivity contribution in [1.82, 2.24) is 10.2 Å². The molecule has 4 atom stereocenters. The molecule has 2 saturated heterocycles. The van der Waals surface area contributed by atoms with Crippen molar-refractivity contribution >= 4 is 9.84 Å². The number of likely N-dealkylation sites (tertiary alicyclic amines) is 1. The van der Waals surface area contributed by atoms with Crippen molar-refractivity contribution in [1.29, 1.82) is 0 Å². The lowest BCUT2D eigenvalue weighted by Gasteiger charge is -2.41. The second-order valence-corrected chi connectivity index (χ2v) is 8.10. The highest BCUT2D eigenvalue weighted by atomic mass is 32.2. The molecule has 5 heteroatoms. The van der Waals surface area contributed by atoms with Gasteiger partial charge in [0.1, 0.15) is 0 Å². The van der Waals surface area contributed by atoms with Gasteiger partial charge in [-0.2, -0.15) is 0 Å². The van der Waals surface area contributed by atoms with E-state index in [1.807, 2.05) is 0 Å². The molecular weight excluding hydrogens is 236 g/mol. The minimum absolute atomic E-state index is 0.183. The fraction of sp³-hybridized carbons (Fsp3) is 1.00. The molecule has 0 aromatic heterocycles. The third-order valence-corrected chi connectivity index (χ3v) is 6.06. The first-order chi connectivity index (χ1) is 7.87. The average Bonchev–Trinajstić information content (AvgIpc) is 2.54. The highest BCUT2D eigenvalue weighted by Gasteiger charge is 2.34. The Bertz CT molecular complexity index is 369. The van der Waals surface area contributed by atoms with Gasteiger partial charge in [-0.05, 0) is 32.7 Å². The Kier molecular flexibility index (Phi) is 3.80. The summed E-state index contributed by atoms with van der Waals surface area (Å²) in [7, 11) is -0.597. The Morgan fingerprint density at radius 2 is 2.00 bits per heavy atom. The quantitative estimate of drug-likeness (QED) is 0.785. The number of piperidine rings is 1. The maximum absolute atomic E-state index is 11.4. The topological polar surface area (TPSA) is 49.4 Å². The first-order valence-corrected chi connectivity index (χ1v) is 8.36. The molecule has 0 spiro atoms. The molecule has 2 rings (SSSR count). The molecular formula is C12H24N2O2S. The Morgan fingerprint density at radius 1 is 1.29 bits per heavy atom. The van der Waals surface area contributed by atoms with Crippen molar-refractivity contribution in [2.75, 3.05) is 25.1 Å². The van der Waals surface area contributed by atoms with E-state index in [0.29, 0.717) is 29.5 Å². The van der Waals surface area contributed by atoms with Crippen molar-refractivity contribution < 1.29 is 8.42 Å². The Labute approximate surface area is 105 Å². The zero-order valence-electron chi connectivity index (χ0n) is 11.0. The smallest absolute Gasteiger partial charge is 0.151 e. The van der Waals surface area contributed by atoms with Crippen LogP contribution in [0, 0.1) is 5.92 Å². The van der Waals surface area contributed by atoms with Crippen LogP contribution >= 0.6 is 0 Å². The van der Waals surface area contributed by atoms with E-state index in [4.69, 9.17) is 0 Å². The molecule has 0 bridgehead atoms. The highest BCUT2D eigenvalue weighted by Crippen LogP contribution is 2.23. The summed E-state index contributed by atoms with van der Waals surface area (Å²) in [4.78, 5) is 2.38. The Hall–Kier alpha value is -0.130. The first-order valence-electron chi connectivity index (χ1n) is 6.54. The second-order valence-electron chi connectivity index (χ2n) is 5.87. The van der Waals surface area contributed by atoms with Crippen LogP contribution < -0.4 is 5.32 Å². The predicted molar refractivity (Wildman–Crippen MR) is 69.9 cm³/mol. The minimum atomic E-state index is -2.76. The summed E-state index contributed by atoms with van der Waals surface area (Å²) in [6.45, 7) is 5.59. The van der Waals surface area contributed by atoms with Crippen LogP contribution in [-0.4, -0.2) is 56.5 Å². The largest absolute Gasteiger partial charge is 0.310 e. The van der Waals surface area contributed by atoms with E-state index >= 15 is 0 Å². The van der Waals surface area contributed by atoms with Gasteiger partial charge in [0.05, 0.1) is 11.5 Å². The van der Waals surface area contributed by atoms with Gasteiger partial charge in [-0.1, -0.05) is 6.92 Å². The minimum Gasteiger partial charge on any atom is -0.310 e. The third kappa shape index (κ3) is 3.20. The van der Waals surface area contributed by atoms with Gasteiger partial charge in [0.25, 0.3) is 0 Å². The summed E-state index contributed by atoms with van der Waals surface area (Å²) in [5.41, 5.74) is 0. The van der Waals surface area contributed by atoms with Crippen LogP contribution in [0.25, 0.3) is 0 Å². The fourth-order valence-electron chi connectivity index (χ4n) is 3.00. The molecule has 1 N–H and O–H groups in total. The summed E-state index contributed by atoms with van der Waals surface area (Å²) >= 11 is 0. The molecule has 0 saturated carbocycles. The van der Waals surface area contributed by atoms with Crippen molar-refractivity contribution in [2.24, 2.45) is 5.92 Å². The van der Waals surface area contributed by atoms with E-state index in [0.717, 1.165) is 19.4 Å². The van der Waals surface area contributed by atoms with Crippen LogP contribution in [0.1, 0.15) is 26.7 Å². The molecule has 0 radical (unpaired) electrons. The molecule has 17 heavy (non-hydrogen) atoms. The van der Waals surface area contributed by atoms with Gasteiger partial charge in [0, 0.05) is 24.7 Å². The summed E-state index contributed by atoms with van der Waals surface area (Å²) < 4.78 is 22.9. The molecule has 2 heterocycles. The molecule has 0 aliphatic carbocycles. The number of hydrogen-bond donors (Lipinski definition) is 1. The fourth-order valence-corrected chi connectivity index (χ4v) is 4.69. The van der Waals surface area contributed by atoms with Gasteiger partial charge < -0.3 is 10.2 Å². The van der Waals surface area contributed by atoms with Gasteiger partial charge >= 0.3 is 0 Å². The molecule has 0 aromatic carbocycles. The van der Waals surface area contributed by atoms with Crippen molar-refractivity contribution in [2.45, 2.75) is 44.8 Å². The van der Waals surface area contributed by atoms with Crippen molar-refractivity contribution in [3.8, 4) is 0 Å². The van der Waals surface area contributed by atoms with E-state index in [1.165, 1.54) is 0 Å². The average molecular weight is 260 g/mol. The van der Waals surface area contributed by atoms with Crippen molar-refractivity contribution in [3.05, 3.63) is 0 Å². The number of nitrogens with one attached hydrogen (secondary N) is 1. The van der Waals surface area contributed by atoms with Gasteiger partial charge in [-0.25, -0.2) is 8.42 Å². The molecule has 4 unspecified atom stereocenters. The molecule has 0 amide bonds. The van der Waals surface area contributed by atoms with Gasteiger partial charge in [0.15, 0.2) is 9.84 Å². The molecule has 100 valence electrons. The number of sulfone groups is 1. The van der Waals surface area contributed by atoms with Crippen LogP contribution in [0.15, 0.2) is 0 Å². The second kappa shape index (κ2) is 4.86. The van der Waals surface area contributed by atoms with Gasteiger partial charge in [-0.15, -0.1) is 0 Å². The Morgan fingerprint density at radius 3 is 2.59 bits per heavy atom. The van der Waals surface area contributed by atoms with E-state index in [-0.39, 0.29) is 6.04 Å². The highest BCUT2D eigenvalue weighted by molar-refractivity contribution is 7.91. The number of hydrogen-bond acceptors (Lipinski definition) is 4. The molecule has 2 aliphatic heterocycles. The summed E-state index contributed by atoms with van der Waals surface area (Å²) in [6, 6.07) is 1.24. The zero-order valence-corrected chi connectivity index (χ0v) is 11.8. The molecule has 0 aromatic rings. The summed E-state index contributed by atoms with van der Waals surface area (Å²) in [6.07, 6.45) is 1.91. The molecule has 4 nitrogen and oxygen atoms in total. The normalized spacial score (nSPS) is 42.8. The van der Waals surface area contributed by atoms with Gasteiger partial charge in [-0.3, -0.25) is 0 Å². The van der Waals surface area contributed by atoms with E-state index in [2.05, 4.69) is 31.1 Å². The molecule has 2 aliphatic rings. The van der Waals surface area contributed by atoms with Crippen LogP contribution in [0.2, 0.25) is 0 Å². The zero-order chi connectivity index (χ0) is 12.6. The lowest BCUT2D eigenvalue weighted by molar-refractivity contribution is 0.117. The van der Waals surface area contributed by atoms with E-state index in [9.17, 15) is 8.42 Å². The van der Waals surface area contributed by atoms with E-state index < -0.39 is 9.84 Å². The summed E-state index contributed by atoms with van der Waals surface area (Å²) in [5, 5.41) is 3.57. The van der Waals surface area contributed by atoms with Gasteiger partial charge in [0.2, 0.25) is 0 Å². The first kappa shape index (κ1) is 13.3. The predicted octanol–water partition coefficient (Wildman–Crippen LogP) is 0.492. The van der Waals surface area contributed by atoms with Crippen molar-refractivity contribution in [3.63, 3.8) is 0 Å². The lowest BCUT2D eigenvalue weighted by Crippen LogP contribution is -2.53. The summed E-state index contributed by atoms with van der Waals surface area (Å²) in [5.74, 6) is 1.29. The third-order valence-electron chi connectivity index (χ3n) is 4.29. The van der Waals surface area contributed by atoms with Crippen LogP contribution in [0.5, 0.6) is 0 Å². The monoisotopic (exact) mass is 260 g/mol. The maximum Gasteiger partial charge on any atom is 0.151 e. The van der Waals surface area contributed by atoms with Crippen LogP contribution in [-0.2, 0) is 9.84 Å². The lowest BCUT2D eigenvalue weighted by atomic mass is 9.89. The van der Waals surface area contributed by atoms with Crippen LogP contribution in [0.3, 0.4) is 0 Å². The molecule has 2 fully saturated rings. The maximum atomic E-state index is 11.4. The number of nitrogens with zero attached hydrogens (tertiary/aromatic N) is 1.